The second-order valence-electron chi connectivity index (χ2n) is 18.5. The molecule has 5 aliphatic rings. The molecule has 2 aliphatic carbocycles. The van der Waals surface area contributed by atoms with Crippen molar-refractivity contribution >= 4 is 50.2 Å². The van der Waals surface area contributed by atoms with E-state index in [4.69, 9.17) is 23.9 Å². The van der Waals surface area contributed by atoms with Crippen LogP contribution in [0.5, 0.6) is 11.6 Å². The maximum absolute atomic E-state index is 15.0. The number of carbonyl (C=O) groups is 4. The number of allylic oxidation sites excluding steroid dienone is 2. The van der Waals surface area contributed by atoms with E-state index in [1.807, 2.05) is 43.3 Å². The zero-order chi connectivity index (χ0) is 42.3. The number of hydrogen-bond donors (Lipinski definition) is 1. The minimum Gasteiger partial charge on any atom is -0.497 e. The summed E-state index contributed by atoms with van der Waals surface area (Å²) in [6, 6.07) is 6.61. The van der Waals surface area contributed by atoms with E-state index in [0.29, 0.717) is 69.4 Å². The van der Waals surface area contributed by atoms with Crippen LogP contribution in [-0.2, 0) is 38.7 Å². The number of hydrogen-bond acceptors (Lipinski definition) is 12. The molecule has 0 unspecified atom stereocenters. The molecule has 2 saturated heterocycles. The normalized spacial score (nSPS) is 30.1. The Hall–Kier alpha value is -4.24. The van der Waals surface area contributed by atoms with Gasteiger partial charge < -0.3 is 28.7 Å². The molecule has 0 radical (unpaired) electrons. The zero-order valence-corrected chi connectivity index (χ0v) is 36.1. The van der Waals surface area contributed by atoms with Crippen LogP contribution >= 0.6 is 0 Å². The third-order valence-corrected chi connectivity index (χ3v) is 14.4. The molecular weight excluding hydrogens is 777 g/mol. The second-order valence-corrected chi connectivity index (χ2v) is 20.4. The van der Waals surface area contributed by atoms with E-state index in [2.05, 4.69) is 16.5 Å². The monoisotopic (exact) mass is 836 g/mol. The van der Waals surface area contributed by atoms with Crippen LogP contribution in [0.4, 0.5) is 5.82 Å². The number of methoxy groups -OCH3 is 1. The number of nitrogens with zero attached hydrogens (tertiary/aromatic N) is 3. The molecule has 7 rings (SSSR count). The van der Waals surface area contributed by atoms with E-state index in [9.17, 15) is 22.8 Å². The van der Waals surface area contributed by atoms with Gasteiger partial charge in [-0.25, -0.2) is 8.42 Å². The van der Waals surface area contributed by atoms with Crippen LogP contribution in [-0.4, -0.2) is 105 Å². The molecule has 15 heteroatoms. The lowest BCUT2D eigenvalue weighted by molar-refractivity contribution is -0.160. The maximum Gasteiger partial charge on any atom is 0.307 e. The molecule has 3 aliphatic heterocycles. The van der Waals surface area contributed by atoms with Crippen LogP contribution in [0.1, 0.15) is 92.4 Å². The van der Waals surface area contributed by atoms with Gasteiger partial charge in [-0.15, -0.1) is 0 Å². The second kappa shape index (κ2) is 17.0. The van der Waals surface area contributed by atoms with E-state index in [0.717, 1.165) is 23.6 Å². The number of amides is 2. The van der Waals surface area contributed by atoms with Crippen molar-refractivity contribution in [3.8, 4) is 11.6 Å². The number of sulfonamides is 1. The van der Waals surface area contributed by atoms with Crippen LogP contribution in [0.3, 0.4) is 0 Å². The van der Waals surface area contributed by atoms with Crippen molar-refractivity contribution in [3.63, 3.8) is 0 Å². The number of benzene rings is 1. The highest BCUT2D eigenvalue weighted by Gasteiger charge is 2.61. The Bertz CT molecular complexity index is 2070. The number of pyridine rings is 1. The van der Waals surface area contributed by atoms with Crippen LogP contribution in [0.15, 0.2) is 36.4 Å². The summed E-state index contributed by atoms with van der Waals surface area (Å²) in [6.45, 7) is 11.9. The number of aromatic nitrogens is 1. The van der Waals surface area contributed by atoms with Gasteiger partial charge in [-0.05, 0) is 107 Å². The minimum atomic E-state index is -3.87. The highest BCUT2D eigenvalue weighted by Crippen LogP contribution is 2.57. The fourth-order valence-corrected chi connectivity index (χ4v) is 10.5. The number of fused-ring (bicyclic) bond motifs is 3. The molecule has 0 spiro atoms. The average Bonchev–Trinajstić information content (AvgIpc) is 4.11. The molecule has 14 nitrogen and oxygen atoms in total. The molecule has 2 aromatic rings. The fraction of sp³-hybridized carbons (Fsp3) is 0.659. The Labute approximate surface area is 347 Å². The molecule has 4 fully saturated rings. The molecule has 1 aromatic carbocycles. The van der Waals surface area contributed by atoms with E-state index in [-0.39, 0.29) is 55.3 Å². The van der Waals surface area contributed by atoms with Gasteiger partial charge in [0.2, 0.25) is 27.7 Å². The van der Waals surface area contributed by atoms with Crippen molar-refractivity contribution in [1.29, 1.82) is 0 Å². The SMILES string of the molecule is COc1ccc2c(O[C@@H]3C[C@H]4C(=O)C[C@]5(C(=O)NS(=O)(=O)C6CC6)C[C@H]5/C=C\CC[C@H](C)C[C@@H](C)[C@H](CC(=O)OC(C)(C)C)C(=O)N4C3)nc(N3CCOCC3)cc2c1. The Morgan fingerprint density at radius 3 is 2.49 bits per heavy atom. The first kappa shape index (κ1) is 42.9. The number of rotatable bonds is 9. The molecular formula is C44H60N4O10S. The van der Waals surface area contributed by atoms with Crippen molar-refractivity contribution in [2.45, 2.75) is 115 Å². The van der Waals surface area contributed by atoms with Crippen molar-refractivity contribution < 1.29 is 46.5 Å². The number of anilines is 1. The number of Topliss-reactive ketones (excluding diaryl/α,β-unsaturated/α-hetero) is 1. The van der Waals surface area contributed by atoms with Gasteiger partial charge in [-0.3, -0.25) is 23.9 Å². The van der Waals surface area contributed by atoms with Gasteiger partial charge in [0.05, 0.1) is 55.9 Å². The summed E-state index contributed by atoms with van der Waals surface area (Å²) in [7, 11) is -2.26. The highest BCUT2D eigenvalue weighted by atomic mass is 32.2. The Morgan fingerprint density at radius 1 is 1.05 bits per heavy atom. The zero-order valence-electron chi connectivity index (χ0n) is 35.2. The fourth-order valence-electron chi connectivity index (χ4n) is 9.07. The van der Waals surface area contributed by atoms with Gasteiger partial charge >= 0.3 is 5.97 Å². The predicted molar refractivity (Wildman–Crippen MR) is 221 cm³/mol. The van der Waals surface area contributed by atoms with Crippen LogP contribution in [0.25, 0.3) is 10.8 Å². The summed E-state index contributed by atoms with van der Waals surface area (Å²) in [6.07, 6.45) is 6.53. The van der Waals surface area contributed by atoms with E-state index in [1.165, 1.54) is 0 Å². The first-order valence-electron chi connectivity index (χ1n) is 21.2. The number of carbonyl (C=O) groups excluding carboxylic acids is 4. The molecule has 2 amide bonds. The molecule has 0 bridgehead atoms. The largest absolute Gasteiger partial charge is 0.497 e. The summed E-state index contributed by atoms with van der Waals surface area (Å²) in [5.74, 6) is -1.28. The molecule has 59 heavy (non-hydrogen) atoms. The Balaban J connectivity index is 1.24. The maximum atomic E-state index is 15.0. The molecule has 2 saturated carbocycles. The third kappa shape index (κ3) is 9.88. The first-order chi connectivity index (χ1) is 28.0. The van der Waals surface area contributed by atoms with Crippen molar-refractivity contribution in [2.75, 3.05) is 44.9 Å². The van der Waals surface area contributed by atoms with Gasteiger partial charge in [0, 0.05) is 31.3 Å². The summed E-state index contributed by atoms with van der Waals surface area (Å²) in [5.41, 5.74) is -2.02. The summed E-state index contributed by atoms with van der Waals surface area (Å²) >= 11 is 0. The smallest absolute Gasteiger partial charge is 0.307 e. The standard InChI is InChI=1S/C44H60N4O10S/c1-27-9-7-8-10-30-24-44(30,42(52)46-59(53,54)33-12-13-33)25-37(49)36-22-32(26-48(36)41(51)35(28(2)19-27)23-39(50)58-43(3,4)5)57-40-34-14-11-31(55-6)20-29(34)21-38(45-40)47-15-17-56-18-16-47/h8,10-11,14,20-21,27-28,30,32-33,35-36H,7,9,12-13,15-19,22-26H2,1-6H3,(H,46,52)/b10-8-/t27-,28+,30+,32+,35-,36-,44+/m0/s1. The van der Waals surface area contributed by atoms with Crippen LogP contribution in [0.2, 0.25) is 0 Å². The highest BCUT2D eigenvalue weighted by molar-refractivity contribution is 7.90. The van der Waals surface area contributed by atoms with Gasteiger partial charge in [-0.1, -0.05) is 26.0 Å². The van der Waals surface area contributed by atoms with Crippen LogP contribution in [0, 0.1) is 29.1 Å². The van der Waals surface area contributed by atoms with Crippen molar-refractivity contribution in [2.24, 2.45) is 29.1 Å². The number of ketones is 1. The van der Waals surface area contributed by atoms with E-state index in [1.54, 1.807) is 32.8 Å². The lowest BCUT2D eigenvalue weighted by Gasteiger charge is -2.32. The third-order valence-electron chi connectivity index (χ3n) is 12.6. The molecule has 322 valence electrons. The number of morpholine rings is 1. The minimum absolute atomic E-state index is 0.0437. The molecule has 4 heterocycles. The number of nitrogens with one attached hydrogen (secondary N) is 1. The topological polar surface area (TPSA) is 171 Å². The molecule has 1 aromatic heterocycles. The van der Waals surface area contributed by atoms with Crippen LogP contribution < -0.4 is 19.1 Å². The predicted octanol–water partition coefficient (Wildman–Crippen LogP) is 5.36. The molecule has 1 N–H and O–H groups in total. The van der Waals surface area contributed by atoms with Gasteiger partial charge in [0.25, 0.3) is 0 Å². The van der Waals surface area contributed by atoms with E-state index >= 15 is 4.79 Å². The quantitative estimate of drug-likeness (QED) is 0.254. The van der Waals surface area contributed by atoms with E-state index < -0.39 is 56.2 Å². The van der Waals surface area contributed by atoms with Crippen molar-refractivity contribution in [1.82, 2.24) is 14.6 Å². The Kier molecular flexibility index (Phi) is 12.4. The summed E-state index contributed by atoms with van der Waals surface area (Å²) in [4.78, 5) is 65.9. The van der Waals surface area contributed by atoms with Gasteiger partial charge in [0.15, 0.2) is 5.78 Å². The van der Waals surface area contributed by atoms with Gasteiger partial charge in [-0.2, -0.15) is 4.98 Å². The van der Waals surface area contributed by atoms with Crippen molar-refractivity contribution in [3.05, 3.63) is 36.4 Å². The van der Waals surface area contributed by atoms with Gasteiger partial charge in [0.1, 0.15) is 23.3 Å². The number of ether oxygens (including phenoxy) is 4. The number of esters is 1. The first-order valence-corrected chi connectivity index (χ1v) is 22.8. The summed E-state index contributed by atoms with van der Waals surface area (Å²) < 4.78 is 51.9. The summed E-state index contributed by atoms with van der Waals surface area (Å²) in [5, 5.41) is 0.973. The average molecular weight is 837 g/mol. The lowest BCUT2D eigenvalue weighted by atomic mass is 9.82. The lowest BCUT2D eigenvalue weighted by Crippen LogP contribution is -2.47. The molecule has 7 atom stereocenters. The Morgan fingerprint density at radius 2 is 1.80 bits per heavy atom.